The van der Waals surface area contributed by atoms with Gasteiger partial charge in [0.05, 0.1) is 5.69 Å². The Balaban J connectivity index is 2.68. The fourth-order valence-electron chi connectivity index (χ4n) is 1.48. The third kappa shape index (κ3) is 1.23. The molecule has 14 heavy (non-hydrogen) atoms. The first-order chi connectivity index (χ1) is 6.74. The van der Waals surface area contributed by atoms with Crippen LogP contribution in [0.1, 0.15) is 18.2 Å². The van der Waals surface area contributed by atoms with Gasteiger partial charge in [0.2, 0.25) is 0 Å². The highest BCUT2D eigenvalue weighted by Crippen LogP contribution is 2.15. The zero-order valence-corrected chi connectivity index (χ0v) is 8.70. The molecule has 4 nitrogen and oxygen atoms in total. The first kappa shape index (κ1) is 8.99. The van der Waals surface area contributed by atoms with Crippen LogP contribution >= 0.6 is 0 Å². The number of aromatic nitrogens is 3. The Morgan fingerprint density at radius 3 is 2.93 bits per heavy atom. The predicted molar refractivity (Wildman–Crippen MR) is 56.6 cm³/mol. The van der Waals surface area contributed by atoms with Crippen molar-refractivity contribution in [3.63, 3.8) is 0 Å². The Labute approximate surface area is 83.0 Å². The minimum absolute atomic E-state index is 0.886. The molecule has 0 radical (unpaired) electrons. The topological polar surface area (TPSA) is 42.2 Å². The maximum absolute atomic E-state index is 4.42. The molecular formula is C10H14N4. The monoisotopic (exact) mass is 190 g/mol. The average Bonchev–Trinajstić information content (AvgIpc) is 2.46. The van der Waals surface area contributed by atoms with Gasteiger partial charge in [0.25, 0.3) is 0 Å². The van der Waals surface area contributed by atoms with E-state index in [1.165, 1.54) is 0 Å². The molecule has 0 saturated heterocycles. The molecule has 0 atom stereocenters. The number of hydrogen-bond donors (Lipinski definition) is 1. The molecule has 2 aromatic rings. The number of aryl methyl sites for hydroxylation is 2. The Morgan fingerprint density at radius 1 is 1.43 bits per heavy atom. The van der Waals surface area contributed by atoms with Gasteiger partial charge in [0, 0.05) is 18.3 Å². The minimum atomic E-state index is 0.886. The summed E-state index contributed by atoms with van der Waals surface area (Å²) in [5.74, 6) is 0.994. The molecule has 0 aliphatic heterocycles. The van der Waals surface area contributed by atoms with E-state index < -0.39 is 0 Å². The molecule has 0 fully saturated rings. The average molecular weight is 190 g/mol. The molecule has 74 valence electrons. The summed E-state index contributed by atoms with van der Waals surface area (Å²) in [6, 6.07) is 1.93. The van der Waals surface area contributed by atoms with E-state index >= 15 is 0 Å². The second kappa shape index (κ2) is 3.29. The van der Waals surface area contributed by atoms with Crippen LogP contribution in [0.25, 0.3) is 5.65 Å². The second-order valence-electron chi connectivity index (χ2n) is 3.31. The molecule has 0 unspecified atom stereocenters. The zero-order chi connectivity index (χ0) is 10.1. The lowest BCUT2D eigenvalue weighted by atomic mass is 10.3. The summed E-state index contributed by atoms with van der Waals surface area (Å²) < 4.78 is 1.86. The third-order valence-corrected chi connectivity index (χ3v) is 2.34. The smallest absolute Gasteiger partial charge is 0.160 e. The van der Waals surface area contributed by atoms with Crippen molar-refractivity contribution in [2.45, 2.75) is 20.8 Å². The summed E-state index contributed by atoms with van der Waals surface area (Å²) in [7, 11) is 0. The number of fused-ring (bicyclic) bond motifs is 1. The number of anilines is 1. The molecule has 0 bridgehead atoms. The predicted octanol–water partition coefficient (Wildman–Crippen LogP) is 1.78. The van der Waals surface area contributed by atoms with E-state index in [1.54, 1.807) is 6.20 Å². The summed E-state index contributed by atoms with van der Waals surface area (Å²) >= 11 is 0. The molecule has 0 aliphatic rings. The van der Waals surface area contributed by atoms with Gasteiger partial charge in [-0.3, -0.25) is 0 Å². The van der Waals surface area contributed by atoms with Crippen molar-refractivity contribution in [1.29, 1.82) is 0 Å². The van der Waals surface area contributed by atoms with Crippen molar-refractivity contribution in [3.8, 4) is 0 Å². The number of nitrogens with one attached hydrogen (secondary N) is 1. The van der Waals surface area contributed by atoms with Gasteiger partial charge in [-0.1, -0.05) is 0 Å². The molecule has 1 N–H and O–H groups in total. The Hall–Kier alpha value is -1.58. The quantitative estimate of drug-likeness (QED) is 0.784. The molecule has 0 spiro atoms. The molecule has 4 heteroatoms. The van der Waals surface area contributed by atoms with Crippen LogP contribution in [0.5, 0.6) is 0 Å². The van der Waals surface area contributed by atoms with Gasteiger partial charge in [-0.2, -0.15) is 9.61 Å². The maximum Gasteiger partial charge on any atom is 0.160 e. The van der Waals surface area contributed by atoms with Crippen LogP contribution in [0.2, 0.25) is 0 Å². The van der Waals surface area contributed by atoms with Gasteiger partial charge in [0.15, 0.2) is 5.65 Å². The molecule has 0 aromatic carbocycles. The van der Waals surface area contributed by atoms with Crippen molar-refractivity contribution >= 4 is 11.5 Å². The molecule has 2 aromatic heterocycles. The fraction of sp³-hybridized carbons (Fsp3) is 0.400. The standard InChI is InChI=1S/C10H14N4/c1-4-11-9-5-6-12-10-7(2)8(3)13-14(9)10/h5-6,11H,4H2,1-3H3. The largest absolute Gasteiger partial charge is 0.370 e. The van der Waals surface area contributed by atoms with E-state index in [9.17, 15) is 0 Å². The summed E-state index contributed by atoms with van der Waals surface area (Å²) in [5.41, 5.74) is 3.11. The first-order valence-electron chi connectivity index (χ1n) is 4.79. The summed E-state index contributed by atoms with van der Waals surface area (Å²) in [4.78, 5) is 4.30. The molecule has 2 rings (SSSR count). The molecule has 2 heterocycles. The van der Waals surface area contributed by atoms with Crippen LogP contribution in [0, 0.1) is 13.8 Å². The number of nitrogens with zero attached hydrogens (tertiary/aromatic N) is 3. The van der Waals surface area contributed by atoms with Crippen LogP contribution in [-0.4, -0.2) is 21.1 Å². The van der Waals surface area contributed by atoms with Gasteiger partial charge in [-0.05, 0) is 26.8 Å². The van der Waals surface area contributed by atoms with Crippen molar-refractivity contribution in [3.05, 3.63) is 23.5 Å². The Bertz CT molecular complexity index is 458. The van der Waals surface area contributed by atoms with Crippen LogP contribution in [0.4, 0.5) is 5.82 Å². The maximum atomic E-state index is 4.42. The van der Waals surface area contributed by atoms with E-state index in [0.717, 1.165) is 29.3 Å². The lowest BCUT2D eigenvalue weighted by Crippen LogP contribution is -2.04. The number of hydrogen-bond acceptors (Lipinski definition) is 3. The van der Waals surface area contributed by atoms with Gasteiger partial charge in [-0.25, -0.2) is 4.98 Å². The minimum Gasteiger partial charge on any atom is -0.370 e. The van der Waals surface area contributed by atoms with Crippen molar-refractivity contribution in [2.75, 3.05) is 11.9 Å². The fourth-order valence-corrected chi connectivity index (χ4v) is 1.48. The zero-order valence-electron chi connectivity index (χ0n) is 8.70. The number of rotatable bonds is 2. The van der Waals surface area contributed by atoms with Gasteiger partial charge >= 0.3 is 0 Å². The van der Waals surface area contributed by atoms with E-state index in [1.807, 2.05) is 24.4 Å². The lowest BCUT2D eigenvalue weighted by molar-refractivity contribution is 0.912. The highest BCUT2D eigenvalue weighted by molar-refractivity contribution is 5.54. The third-order valence-electron chi connectivity index (χ3n) is 2.34. The molecule has 0 amide bonds. The van der Waals surface area contributed by atoms with E-state index in [2.05, 4.69) is 22.3 Å². The summed E-state index contributed by atoms with van der Waals surface area (Å²) in [5, 5.41) is 7.67. The van der Waals surface area contributed by atoms with Crippen LogP contribution < -0.4 is 5.32 Å². The highest BCUT2D eigenvalue weighted by atomic mass is 15.3. The molecular weight excluding hydrogens is 176 g/mol. The van der Waals surface area contributed by atoms with E-state index in [4.69, 9.17) is 0 Å². The van der Waals surface area contributed by atoms with Crippen molar-refractivity contribution in [2.24, 2.45) is 0 Å². The first-order valence-corrected chi connectivity index (χ1v) is 4.79. The SMILES string of the molecule is CCNc1ccnc2c(C)c(C)nn12. The van der Waals surface area contributed by atoms with E-state index in [-0.39, 0.29) is 0 Å². The molecule has 0 saturated carbocycles. The summed E-state index contributed by atoms with van der Waals surface area (Å²) in [6.45, 7) is 6.99. The molecule has 0 aliphatic carbocycles. The lowest BCUT2D eigenvalue weighted by Gasteiger charge is -2.04. The summed E-state index contributed by atoms with van der Waals surface area (Å²) in [6.07, 6.45) is 1.81. The second-order valence-corrected chi connectivity index (χ2v) is 3.31. The van der Waals surface area contributed by atoms with Gasteiger partial charge < -0.3 is 5.32 Å². The van der Waals surface area contributed by atoms with Gasteiger partial charge in [0.1, 0.15) is 5.82 Å². The Kier molecular flexibility index (Phi) is 2.11. The van der Waals surface area contributed by atoms with Gasteiger partial charge in [-0.15, -0.1) is 0 Å². The van der Waals surface area contributed by atoms with Crippen LogP contribution in [-0.2, 0) is 0 Å². The van der Waals surface area contributed by atoms with E-state index in [0.29, 0.717) is 0 Å². The van der Waals surface area contributed by atoms with Crippen LogP contribution in [0.3, 0.4) is 0 Å². The van der Waals surface area contributed by atoms with Crippen LogP contribution in [0.15, 0.2) is 12.3 Å². The normalized spacial score (nSPS) is 10.8. The van der Waals surface area contributed by atoms with Crippen molar-refractivity contribution < 1.29 is 0 Å². The highest BCUT2D eigenvalue weighted by Gasteiger charge is 2.07. The Morgan fingerprint density at radius 2 is 2.21 bits per heavy atom. The van der Waals surface area contributed by atoms with Crippen molar-refractivity contribution in [1.82, 2.24) is 14.6 Å².